The molecule has 0 bridgehead atoms. The fraction of sp³-hybridized carbons (Fsp3) is 0.600. The minimum absolute atomic E-state index is 0.220. The second-order valence-corrected chi connectivity index (χ2v) is 6.36. The Morgan fingerprint density at radius 3 is 2.63 bits per heavy atom. The van der Waals surface area contributed by atoms with E-state index in [0.29, 0.717) is 24.8 Å². The third-order valence-electron chi connectivity index (χ3n) is 2.56. The average molecular weight is 286 g/mol. The zero-order valence-electron chi connectivity index (χ0n) is 11.9. The Bertz CT molecular complexity index is 377. The van der Waals surface area contributed by atoms with Crippen LogP contribution in [-0.4, -0.2) is 30.9 Å². The maximum absolute atomic E-state index is 9.77. The lowest BCUT2D eigenvalue weighted by atomic mass is 9.97. The van der Waals surface area contributed by atoms with Crippen LogP contribution in [0.3, 0.4) is 0 Å². The van der Waals surface area contributed by atoms with Crippen molar-refractivity contribution < 1.29 is 9.84 Å². The third kappa shape index (κ3) is 7.53. The molecule has 0 fully saturated rings. The highest BCUT2D eigenvalue weighted by Crippen LogP contribution is 2.15. The molecule has 19 heavy (non-hydrogen) atoms. The molecular formula is C15H24ClNO2. The van der Waals surface area contributed by atoms with Gasteiger partial charge in [0.05, 0.1) is 19.3 Å². The van der Waals surface area contributed by atoms with E-state index in [1.807, 2.05) is 24.3 Å². The smallest absolute Gasteiger partial charge is 0.0897 e. The van der Waals surface area contributed by atoms with E-state index < -0.39 is 6.10 Å². The van der Waals surface area contributed by atoms with E-state index in [1.54, 1.807) is 0 Å². The molecule has 1 atom stereocenters. The number of halogens is 1. The van der Waals surface area contributed by atoms with Crippen LogP contribution in [-0.2, 0) is 11.3 Å². The monoisotopic (exact) mass is 285 g/mol. The van der Waals surface area contributed by atoms with Crippen molar-refractivity contribution in [1.82, 2.24) is 5.32 Å². The first kappa shape index (κ1) is 16.4. The topological polar surface area (TPSA) is 41.5 Å². The van der Waals surface area contributed by atoms with Crippen LogP contribution in [0.15, 0.2) is 24.3 Å². The van der Waals surface area contributed by atoms with Gasteiger partial charge in [-0.1, -0.05) is 50.6 Å². The Kier molecular flexibility index (Phi) is 6.80. The van der Waals surface area contributed by atoms with E-state index in [4.69, 9.17) is 16.3 Å². The van der Waals surface area contributed by atoms with Crippen molar-refractivity contribution in [2.75, 3.05) is 19.7 Å². The molecule has 1 aromatic rings. The fourth-order valence-corrected chi connectivity index (χ4v) is 1.78. The molecular weight excluding hydrogens is 262 g/mol. The van der Waals surface area contributed by atoms with Gasteiger partial charge in [-0.3, -0.25) is 0 Å². The van der Waals surface area contributed by atoms with Gasteiger partial charge in [-0.25, -0.2) is 0 Å². The third-order valence-corrected chi connectivity index (χ3v) is 2.93. The molecule has 1 unspecified atom stereocenters. The number of aliphatic hydroxyl groups excluding tert-OH is 1. The molecule has 1 aromatic carbocycles. The maximum Gasteiger partial charge on any atom is 0.0897 e. The highest BCUT2D eigenvalue weighted by atomic mass is 35.5. The van der Waals surface area contributed by atoms with Crippen molar-refractivity contribution in [2.24, 2.45) is 5.41 Å². The molecule has 0 amide bonds. The molecule has 1 rings (SSSR count). The predicted octanol–water partition coefficient (Wildman–Crippen LogP) is 2.85. The zero-order valence-corrected chi connectivity index (χ0v) is 12.7. The molecule has 2 N–H and O–H groups in total. The van der Waals surface area contributed by atoms with Crippen LogP contribution >= 0.6 is 11.6 Å². The lowest BCUT2D eigenvalue weighted by molar-refractivity contribution is 0.0281. The summed E-state index contributed by atoms with van der Waals surface area (Å²) >= 11 is 6.02. The summed E-state index contributed by atoms with van der Waals surface area (Å²) in [5.41, 5.74) is 1.16. The van der Waals surface area contributed by atoms with Gasteiger partial charge >= 0.3 is 0 Å². The minimum atomic E-state index is -0.496. The molecule has 0 saturated carbocycles. The van der Waals surface area contributed by atoms with Crippen LogP contribution < -0.4 is 5.32 Å². The number of aliphatic hydroxyl groups is 1. The Labute approximate surface area is 120 Å². The number of hydrogen-bond acceptors (Lipinski definition) is 3. The highest BCUT2D eigenvalue weighted by Gasteiger charge is 2.11. The van der Waals surface area contributed by atoms with Crippen molar-refractivity contribution >= 4 is 11.6 Å². The van der Waals surface area contributed by atoms with Gasteiger partial charge in [0.1, 0.15) is 0 Å². The first-order valence-electron chi connectivity index (χ1n) is 6.58. The van der Waals surface area contributed by atoms with Gasteiger partial charge in [0.25, 0.3) is 0 Å². The number of hydrogen-bond donors (Lipinski definition) is 2. The van der Waals surface area contributed by atoms with Gasteiger partial charge in [-0.15, -0.1) is 0 Å². The molecule has 0 aliphatic carbocycles. The predicted molar refractivity (Wildman–Crippen MR) is 79.4 cm³/mol. The Morgan fingerprint density at radius 1 is 1.32 bits per heavy atom. The second kappa shape index (κ2) is 7.85. The molecule has 0 spiro atoms. The largest absolute Gasteiger partial charge is 0.389 e. The standard InChI is InChI=1S/C15H24ClNO2/c1-15(2,3)11-17-8-13(18)10-19-9-12-6-4-5-7-14(12)16/h4-7,13,17-18H,8-11H2,1-3H3. The normalized spacial score (nSPS) is 13.5. The average Bonchev–Trinajstić information content (AvgIpc) is 2.30. The number of rotatable bonds is 7. The quantitative estimate of drug-likeness (QED) is 0.809. The van der Waals surface area contributed by atoms with Crippen LogP contribution in [0.1, 0.15) is 26.3 Å². The first-order chi connectivity index (χ1) is 8.88. The van der Waals surface area contributed by atoms with E-state index in [-0.39, 0.29) is 5.41 Å². The lowest BCUT2D eigenvalue weighted by Gasteiger charge is -2.20. The second-order valence-electron chi connectivity index (χ2n) is 5.95. The fourth-order valence-electron chi connectivity index (χ4n) is 1.59. The molecule has 0 radical (unpaired) electrons. The number of ether oxygens (including phenoxy) is 1. The molecule has 0 aliphatic heterocycles. The summed E-state index contributed by atoms with van der Waals surface area (Å²) in [5, 5.41) is 13.7. The van der Waals surface area contributed by atoms with Gasteiger partial charge in [0.2, 0.25) is 0 Å². The van der Waals surface area contributed by atoms with E-state index in [0.717, 1.165) is 12.1 Å². The summed E-state index contributed by atoms with van der Waals surface area (Å²) in [6, 6.07) is 7.57. The molecule has 3 nitrogen and oxygen atoms in total. The van der Waals surface area contributed by atoms with Crippen molar-refractivity contribution in [3.63, 3.8) is 0 Å². The number of benzene rings is 1. The van der Waals surface area contributed by atoms with Crippen molar-refractivity contribution in [3.8, 4) is 0 Å². The summed E-state index contributed by atoms with van der Waals surface area (Å²) in [4.78, 5) is 0. The summed E-state index contributed by atoms with van der Waals surface area (Å²) in [7, 11) is 0. The number of nitrogens with one attached hydrogen (secondary N) is 1. The Hall–Kier alpha value is -0.610. The molecule has 0 aromatic heterocycles. The summed E-state index contributed by atoms with van der Waals surface area (Å²) in [5.74, 6) is 0. The lowest BCUT2D eigenvalue weighted by Crippen LogP contribution is -2.35. The van der Waals surface area contributed by atoms with E-state index in [1.165, 1.54) is 0 Å². The van der Waals surface area contributed by atoms with Gasteiger partial charge in [-0.2, -0.15) is 0 Å². The Balaban J connectivity index is 2.17. The van der Waals surface area contributed by atoms with E-state index >= 15 is 0 Å². The van der Waals surface area contributed by atoms with Crippen molar-refractivity contribution in [3.05, 3.63) is 34.9 Å². The minimum Gasteiger partial charge on any atom is -0.389 e. The van der Waals surface area contributed by atoms with Crippen LogP contribution in [0.4, 0.5) is 0 Å². The van der Waals surface area contributed by atoms with E-state index in [2.05, 4.69) is 26.1 Å². The van der Waals surface area contributed by atoms with Crippen molar-refractivity contribution in [1.29, 1.82) is 0 Å². The summed E-state index contributed by atoms with van der Waals surface area (Å²) < 4.78 is 5.47. The van der Waals surface area contributed by atoms with E-state index in [9.17, 15) is 5.11 Å². The van der Waals surface area contributed by atoms with Crippen LogP contribution in [0.25, 0.3) is 0 Å². The van der Waals surface area contributed by atoms with Crippen LogP contribution in [0.2, 0.25) is 5.02 Å². The highest BCUT2D eigenvalue weighted by molar-refractivity contribution is 6.31. The molecule has 0 saturated heterocycles. The summed E-state index contributed by atoms with van der Waals surface area (Å²) in [6.45, 7) is 8.60. The molecule has 0 heterocycles. The van der Waals surface area contributed by atoms with Gasteiger partial charge < -0.3 is 15.2 Å². The van der Waals surface area contributed by atoms with Gasteiger partial charge in [-0.05, 0) is 17.0 Å². The van der Waals surface area contributed by atoms with Crippen LogP contribution in [0, 0.1) is 5.41 Å². The molecule has 0 aliphatic rings. The molecule has 108 valence electrons. The van der Waals surface area contributed by atoms with Gasteiger partial charge in [0, 0.05) is 18.1 Å². The van der Waals surface area contributed by atoms with Crippen molar-refractivity contribution in [2.45, 2.75) is 33.5 Å². The maximum atomic E-state index is 9.77. The van der Waals surface area contributed by atoms with Crippen LogP contribution in [0.5, 0.6) is 0 Å². The summed E-state index contributed by atoms with van der Waals surface area (Å²) in [6.07, 6.45) is -0.496. The molecule has 4 heteroatoms. The first-order valence-corrected chi connectivity index (χ1v) is 6.96. The SMILES string of the molecule is CC(C)(C)CNCC(O)COCc1ccccc1Cl. The Morgan fingerprint density at radius 2 is 2.00 bits per heavy atom. The zero-order chi connectivity index (χ0) is 14.3. The van der Waals surface area contributed by atoms with Gasteiger partial charge in [0.15, 0.2) is 0 Å².